The quantitative estimate of drug-likeness (QED) is 0.332. The lowest BCUT2D eigenvalue weighted by Gasteiger charge is -2.37. The fourth-order valence-electron chi connectivity index (χ4n) is 6.22. The Morgan fingerprint density at radius 1 is 1.05 bits per heavy atom. The second kappa shape index (κ2) is 11.7. The van der Waals surface area contributed by atoms with Crippen LogP contribution in [0.4, 0.5) is 15.8 Å². The topological polar surface area (TPSA) is 86.3 Å². The third-order valence-electron chi connectivity index (χ3n) is 8.73. The Bertz CT molecular complexity index is 1460. The smallest absolute Gasteiger partial charge is 0.256 e. The largest absolute Gasteiger partial charge is 0.588 e. The Balaban J connectivity index is 1.40. The summed E-state index contributed by atoms with van der Waals surface area (Å²) in [6.45, 7) is 2.23. The molecule has 1 N–H and O–H groups in total. The maximum absolute atomic E-state index is 14.8. The van der Waals surface area contributed by atoms with E-state index in [9.17, 15) is 13.7 Å². The Kier molecular flexibility index (Phi) is 7.95. The van der Waals surface area contributed by atoms with E-state index in [0.29, 0.717) is 18.0 Å². The van der Waals surface area contributed by atoms with Crippen LogP contribution >= 0.6 is 0 Å². The minimum atomic E-state index is -1.96. The highest BCUT2D eigenvalue weighted by Crippen LogP contribution is 2.57. The molecule has 1 atom stereocenters. The number of anilines is 2. The molecule has 2 heterocycles. The molecule has 222 valence electrons. The van der Waals surface area contributed by atoms with Crippen LogP contribution in [0.25, 0.3) is 0 Å². The minimum absolute atomic E-state index is 0.0198. The molecule has 3 aromatic rings. The molecule has 6 rings (SSSR count). The van der Waals surface area contributed by atoms with Crippen molar-refractivity contribution in [1.29, 1.82) is 0 Å². The molecular formula is C32H36FN3O5S. The molecule has 1 spiro atoms. The first-order valence-electron chi connectivity index (χ1n) is 14.3. The van der Waals surface area contributed by atoms with Crippen molar-refractivity contribution in [3.63, 3.8) is 0 Å². The summed E-state index contributed by atoms with van der Waals surface area (Å²) in [7, 11) is 5.14. The molecule has 8 nitrogen and oxygen atoms in total. The van der Waals surface area contributed by atoms with Gasteiger partial charge in [-0.25, -0.2) is 9.11 Å². The summed E-state index contributed by atoms with van der Waals surface area (Å²) in [5.74, 6) is 0.958. The lowest BCUT2D eigenvalue weighted by atomic mass is 9.65. The van der Waals surface area contributed by atoms with E-state index in [1.165, 1.54) is 19.2 Å². The van der Waals surface area contributed by atoms with Crippen LogP contribution in [0.15, 0.2) is 59.5 Å². The van der Waals surface area contributed by atoms with Gasteiger partial charge in [-0.3, -0.25) is 4.79 Å². The number of hydrogen-bond acceptors (Lipinski definition) is 7. The van der Waals surface area contributed by atoms with Crippen LogP contribution in [-0.4, -0.2) is 55.8 Å². The van der Waals surface area contributed by atoms with E-state index < -0.39 is 22.6 Å². The highest BCUT2D eigenvalue weighted by molar-refractivity contribution is 7.92. The van der Waals surface area contributed by atoms with Crippen molar-refractivity contribution >= 4 is 28.6 Å². The van der Waals surface area contributed by atoms with Gasteiger partial charge in [-0.05, 0) is 74.2 Å². The van der Waals surface area contributed by atoms with Gasteiger partial charge in [-0.15, -0.1) is 0 Å². The molecule has 3 aliphatic rings. The summed E-state index contributed by atoms with van der Waals surface area (Å²) < 4.78 is 48.5. The number of amides is 1. The molecule has 2 aliphatic heterocycles. The molecule has 2 fully saturated rings. The fourth-order valence-corrected chi connectivity index (χ4v) is 7.24. The zero-order valence-corrected chi connectivity index (χ0v) is 25.0. The predicted octanol–water partition coefficient (Wildman–Crippen LogP) is 5.42. The lowest BCUT2D eigenvalue weighted by molar-refractivity contribution is -0.126. The summed E-state index contributed by atoms with van der Waals surface area (Å²) in [5.41, 5.74) is 2.48. The number of halogens is 1. The number of nitrogens with one attached hydrogen (secondary N) is 1. The molecule has 0 aromatic heterocycles. The van der Waals surface area contributed by atoms with Gasteiger partial charge in [-0.1, -0.05) is 24.6 Å². The molecule has 1 saturated carbocycles. The second-order valence-electron chi connectivity index (χ2n) is 11.3. The molecule has 42 heavy (non-hydrogen) atoms. The van der Waals surface area contributed by atoms with E-state index in [-0.39, 0.29) is 22.7 Å². The molecule has 1 saturated heterocycles. The predicted molar refractivity (Wildman–Crippen MR) is 160 cm³/mol. The van der Waals surface area contributed by atoms with E-state index in [2.05, 4.69) is 16.7 Å². The first kappa shape index (κ1) is 28.6. The monoisotopic (exact) mass is 593 g/mol. The number of carbonyl (C=O) groups excluding carboxylic acids is 1. The molecule has 1 aliphatic carbocycles. The highest BCUT2D eigenvalue weighted by atomic mass is 32.2. The van der Waals surface area contributed by atoms with Crippen molar-refractivity contribution in [3.8, 4) is 17.2 Å². The van der Waals surface area contributed by atoms with E-state index in [1.54, 1.807) is 19.2 Å². The van der Waals surface area contributed by atoms with Gasteiger partial charge in [0.15, 0.2) is 11.6 Å². The number of hydrogen-bond donors (Lipinski definition) is 1. The van der Waals surface area contributed by atoms with E-state index in [0.717, 1.165) is 67.8 Å². The summed E-state index contributed by atoms with van der Waals surface area (Å²) in [5, 5.41) is 0. The maximum atomic E-state index is 14.8. The number of fused-ring (bicyclic) bond motifs is 2. The lowest BCUT2D eigenvalue weighted by Crippen LogP contribution is -2.44. The average molecular weight is 594 g/mol. The average Bonchev–Trinajstić information content (AvgIpc) is 3.22. The van der Waals surface area contributed by atoms with Gasteiger partial charge < -0.3 is 28.6 Å². The van der Waals surface area contributed by atoms with Crippen molar-refractivity contribution in [2.24, 2.45) is 0 Å². The summed E-state index contributed by atoms with van der Waals surface area (Å²) in [6.07, 6.45) is 4.12. The Labute approximate surface area is 249 Å². The van der Waals surface area contributed by atoms with Crippen molar-refractivity contribution in [2.75, 3.05) is 44.0 Å². The molecule has 3 aromatic carbocycles. The third-order valence-corrected chi connectivity index (χ3v) is 9.92. The standard InChI is InChI=1S/C32H36FN3O5S/c1-35-16-12-24(13-17-35)41-28-19-22(34-42(38)30-26(33)6-4-7-27(30)40-3)18-25-29(28)36(31(37)32(25)14-5-15-32)20-21-8-10-23(39-2)11-9-21/h4,6-11,18-19,24,34H,5,12-17,20H2,1-3H3. The summed E-state index contributed by atoms with van der Waals surface area (Å²) >= 11 is -1.96. The second-order valence-corrected chi connectivity index (χ2v) is 12.5. The number of ether oxygens (including phenoxy) is 3. The number of likely N-dealkylation sites (tertiary alicyclic amines) is 1. The van der Waals surface area contributed by atoms with Crippen LogP contribution < -0.4 is 23.8 Å². The van der Waals surface area contributed by atoms with Gasteiger partial charge in [0.25, 0.3) is 4.90 Å². The maximum Gasteiger partial charge on any atom is 0.256 e. The zero-order valence-electron chi connectivity index (χ0n) is 24.2. The van der Waals surface area contributed by atoms with Gasteiger partial charge in [-0.2, -0.15) is 0 Å². The van der Waals surface area contributed by atoms with Crippen molar-refractivity contribution in [1.82, 2.24) is 4.90 Å². The van der Waals surface area contributed by atoms with Crippen molar-refractivity contribution in [3.05, 3.63) is 71.5 Å². The Hall–Kier alpha value is -3.47. The van der Waals surface area contributed by atoms with Crippen molar-refractivity contribution < 1.29 is 27.9 Å². The van der Waals surface area contributed by atoms with Crippen LogP contribution in [0.3, 0.4) is 0 Å². The number of piperidine rings is 1. The molecule has 0 bridgehead atoms. The van der Waals surface area contributed by atoms with Gasteiger partial charge in [0.2, 0.25) is 5.91 Å². The SMILES string of the molecule is COc1ccc(CN2C(=O)C3(CCC3)c3cc(N[S+]([O-])c4c(F)cccc4OC)cc(OC4CCN(C)CC4)c32)cc1. The van der Waals surface area contributed by atoms with Crippen molar-refractivity contribution in [2.45, 2.75) is 55.1 Å². The molecule has 0 radical (unpaired) electrons. The van der Waals surface area contributed by atoms with Crippen LogP contribution in [0.2, 0.25) is 0 Å². The first-order valence-corrected chi connectivity index (χ1v) is 15.5. The normalized spacial score (nSPS) is 18.9. The third kappa shape index (κ3) is 5.16. The van der Waals surface area contributed by atoms with E-state index in [1.807, 2.05) is 35.2 Å². The minimum Gasteiger partial charge on any atom is -0.588 e. The van der Waals surface area contributed by atoms with Gasteiger partial charge in [0.05, 0.1) is 37.6 Å². The Morgan fingerprint density at radius 2 is 1.79 bits per heavy atom. The van der Waals surface area contributed by atoms with Crippen LogP contribution in [-0.2, 0) is 28.1 Å². The van der Waals surface area contributed by atoms with E-state index in [4.69, 9.17) is 14.2 Å². The number of nitrogens with zero attached hydrogens (tertiary/aromatic N) is 2. The van der Waals surface area contributed by atoms with Gasteiger partial charge in [0.1, 0.15) is 29.0 Å². The number of rotatable bonds is 9. The van der Waals surface area contributed by atoms with Gasteiger partial charge in [0, 0.05) is 19.2 Å². The number of benzene rings is 3. The molecule has 1 unspecified atom stereocenters. The van der Waals surface area contributed by atoms with E-state index >= 15 is 0 Å². The number of carbonyl (C=O) groups is 1. The van der Waals surface area contributed by atoms with Crippen LogP contribution in [0.5, 0.6) is 17.2 Å². The number of methoxy groups -OCH3 is 2. The Morgan fingerprint density at radius 3 is 2.43 bits per heavy atom. The van der Waals surface area contributed by atoms with Crippen LogP contribution in [0, 0.1) is 5.82 Å². The zero-order chi connectivity index (χ0) is 29.4. The molecular weight excluding hydrogens is 557 g/mol. The summed E-state index contributed by atoms with van der Waals surface area (Å²) in [4.78, 5) is 18.2. The van der Waals surface area contributed by atoms with Gasteiger partial charge >= 0.3 is 0 Å². The highest BCUT2D eigenvalue weighted by Gasteiger charge is 2.55. The molecule has 10 heteroatoms. The molecule has 1 amide bonds. The summed E-state index contributed by atoms with van der Waals surface area (Å²) in [6, 6.07) is 15.8. The fraction of sp³-hybridized carbons (Fsp3) is 0.406. The first-order chi connectivity index (χ1) is 20.3. The van der Waals surface area contributed by atoms with Crippen LogP contribution in [0.1, 0.15) is 43.2 Å².